The molecule has 0 saturated carbocycles. The van der Waals surface area contributed by atoms with Gasteiger partial charge in [-0.15, -0.1) is 11.3 Å². The van der Waals surface area contributed by atoms with Gasteiger partial charge in [0.15, 0.2) is 16.8 Å². The molecule has 0 fully saturated rings. The number of carbonyl (C=O) groups is 2. The quantitative estimate of drug-likeness (QED) is 0.405. The Hall–Kier alpha value is -3.39. The first-order valence-corrected chi connectivity index (χ1v) is 9.18. The van der Waals surface area contributed by atoms with E-state index in [9.17, 15) is 18.4 Å². The average molecular weight is 397 g/mol. The number of ketones is 1. The number of hydrogen-bond donors (Lipinski definition) is 1. The number of nitrogens with one attached hydrogen (secondary N) is 1. The van der Waals surface area contributed by atoms with Crippen LogP contribution in [0.3, 0.4) is 0 Å². The fraction of sp³-hybridized carbons (Fsp3) is 0.0500. The summed E-state index contributed by atoms with van der Waals surface area (Å²) in [5.74, 6) is -3.34. The molecule has 0 aliphatic heterocycles. The average Bonchev–Trinajstić information content (AvgIpc) is 3.32. The van der Waals surface area contributed by atoms with Gasteiger partial charge in [0.2, 0.25) is 0 Å². The molecule has 0 unspecified atom stereocenters. The highest BCUT2D eigenvalue weighted by molar-refractivity contribution is 7.13. The number of hydrogen-bond acceptors (Lipinski definition) is 4. The van der Waals surface area contributed by atoms with Crippen molar-refractivity contribution in [2.45, 2.75) is 6.54 Å². The molecule has 0 bridgehead atoms. The number of carbonyl (C=O) groups excluding carboxylic acids is 2. The van der Waals surface area contributed by atoms with Crippen molar-refractivity contribution in [2.24, 2.45) is 0 Å². The monoisotopic (exact) mass is 397 g/mol. The van der Waals surface area contributed by atoms with Crippen LogP contribution in [0.4, 0.5) is 13.9 Å². The molecule has 1 N–H and O–H groups in total. The first kappa shape index (κ1) is 18.0. The maximum Gasteiger partial charge on any atom is 0.298 e. The Morgan fingerprint density at radius 1 is 1.11 bits per heavy atom. The summed E-state index contributed by atoms with van der Waals surface area (Å²) in [5.41, 5.74) is 1.47. The molecular weight excluding hydrogens is 384 g/mol. The minimum absolute atomic E-state index is 0.221. The fourth-order valence-electron chi connectivity index (χ4n) is 2.95. The summed E-state index contributed by atoms with van der Waals surface area (Å²) in [7, 11) is 0. The minimum Gasteiger partial charge on any atom is -0.342 e. The molecule has 2 heterocycles. The molecule has 0 aliphatic carbocycles. The first-order chi connectivity index (χ1) is 13.5. The molecule has 4 rings (SSSR count). The van der Waals surface area contributed by atoms with Crippen molar-refractivity contribution in [1.29, 1.82) is 0 Å². The van der Waals surface area contributed by atoms with E-state index in [0.717, 1.165) is 12.1 Å². The summed E-state index contributed by atoms with van der Waals surface area (Å²) in [6.07, 6.45) is 3.08. The Morgan fingerprint density at radius 3 is 2.68 bits per heavy atom. The molecule has 2 aromatic carbocycles. The van der Waals surface area contributed by atoms with Gasteiger partial charge in [-0.25, -0.2) is 13.8 Å². The number of para-hydroxylation sites is 1. The van der Waals surface area contributed by atoms with Crippen LogP contribution in [-0.4, -0.2) is 21.2 Å². The third-order valence-corrected chi connectivity index (χ3v) is 4.92. The Labute approximate surface area is 162 Å². The number of thiazole rings is 1. The van der Waals surface area contributed by atoms with E-state index in [-0.39, 0.29) is 12.1 Å². The normalized spacial score (nSPS) is 10.9. The van der Waals surface area contributed by atoms with Crippen molar-refractivity contribution in [3.63, 3.8) is 0 Å². The number of nitrogens with zero attached hydrogens (tertiary/aromatic N) is 2. The lowest BCUT2D eigenvalue weighted by molar-refractivity contribution is -0.112. The summed E-state index contributed by atoms with van der Waals surface area (Å²) >= 11 is 1.21. The van der Waals surface area contributed by atoms with Gasteiger partial charge in [-0.05, 0) is 23.8 Å². The molecular formula is C20H13F2N3O2S. The maximum atomic E-state index is 13.5. The standard InChI is InChI=1S/C20H13F2N3O2S/c21-15-6-5-12(9-16(15)22)10-25-11-14(13-3-1-2-4-17(13)25)18(26)19(27)24-20-23-7-8-28-20/h1-9,11H,10H2,(H,23,24,27). The van der Waals surface area contributed by atoms with Crippen LogP contribution in [0.1, 0.15) is 15.9 Å². The van der Waals surface area contributed by atoms with Crippen molar-refractivity contribution >= 4 is 39.1 Å². The summed E-state index contributed by atoms with van der Waals surface area (Å²) in [6, 6.07) is 10.7. The highest BCUT2D eigenvalue weighted by Gasteiger charge is 2.22. The summed E-state index contributed by atoms with van der Waals surface area (Å²) in [6.45, 7) is 0.221. The summed E-state index contributed by atoms with van der Waals surface area (Å²) in [5, 5.41) is 5.10. The van der Waals surface area contributed by atoms with Gasteiger partial charge in [0.1, 0.15) is 0 Å². The van der Waals surface area contributed by atoms with E-state index in [4.69, 9.17) is 0 Å². The van der Waals surface area contributed by atoms with Crippen molar-refractivity contribution in [3.8, 4) is 0 Å². The third kappa shape index (κ3) is 3.41. The van der Waals surface area contributed by atoms with Crippen molar-refractivity contribution < 1.29 is 18.4 Å². The van der Waals surface area contributed by atoms with Gasteiger partial charge in [0, 0.05) is 35.2 Å². The molecule has 0 spiro atoms. The molecule has 140 valence electrons. The van der Waals surface area contributed by atoms with Crippen LogP contribution < -0.4 is 5.32 Å². The molecule has 2 aromatic heterocycles. The molecule has 0 atom stereocenters. The first-order valence-electron chi connectivity index (χ1n) is 8.30. The van der Waals surface area contributed by atoms with Gasteiger partial charge in [0.05, 0.1) is 5.56 Å². The number of Topliss-reactive ketones (excluding diaryl/α,β-unsaturated/α-hetero) is 1. The zero-order valence-corrected chi connectivity index (χ0v) is 15.2. The van der Waals surface area contributed by atoms with Crippen molar-refractivity contribution in [2.75, 3.05) is 5.32 Å². The second kappa shape index (κ2) is 7.32. The lowest BCUT2D eigenvalue weighted by atomic mass is 10.1. The van der Waals surface area contributed by atoms with Gasteiger partial charge in [-0.3, -0.25) is 14.9 Å². The van der Waals surface area contributed by atoms with Gasteiger partial charge in [0.25, 0.3) is 11.7 Å². The van der Waals surface area contributed by atoms with Crippen LogP contribution in [0.15, 0.2) is 60.2 Å². The minimum atomic E-state index is -0.937. The highest BCUT2D eigenvalue weighted by atomic mass is 32.1. The predicted octanol–water partition coefficient (Wildman–Crippen LogP) is 4.25. The van der Waals surface area contributed by atoms with Crippen molar-refractivity contribution in [1.82, 2.24) is 9.55 Å². The fourth-order valence-corrected chi connectivity index (χ4v) is 3.48. The zero-order chi connectivity index (χ0) is 19.7. The Kier molecular flexibility index (Phi) is 4.70. The highest BCUT2D eigenvalue weighted by Crippen LogP contribution is 2.24. The number of amides is 1. The number of fused-ring (bicyclic) bond motifs is 1. The lowest BCUT2D eigenvalue weighted by Gasteiger charge is -2.06. The second-order valence-electron chi connectivity index (χ2n) is 6.06. The van der Waals surface area contributed by atoms with E-state index in [1.54, 1.807) is 40.4 Å². The molecule has 5 nitrogen and oxygen atoms in total. The maximum absolute atomic E-state index is 13.5. The van der Waals surface area contributed by atoms with E-state index in [1.165, 1.54) is 23.6 Å². The molecule has 8 heteroatoms. The number of benzene rings is 2. The molecule has 28 heavy (non-hydrogen) atoms. The van der Waals surface area contributed by atoms with Crippen LogP contribution in [-0.2, 0) is 11.3 Å². The van der Waals surface area contributed by atoms with E-state index in [2.05, 4.69) is 10.3 Å². The Bertz CT molecular complexity index is 1190. The number of rotatable bonds is 5. The molecule has 4 aromatic rings. The summed E-state index contributed by atoms with van der Waals surface area (Å²) in [4.78, 5) is 28.9. The Balaban J connectivity index is 1.68. The SMILES string of the molecule is O=C(Nc1nccs1)C(=O)c1cn(Cc2ccc(F)c(F)c2)c2ccccc12. The van der Waals surface area contributed by atoms with Gasteiger partial charge < -0.3 is 4.57 Å². The smallest absolute Gasteiger partial charge is 0.298 e. The third-order valence-electron chi connectivity index (χ3n) is 4.23. The van der Waals surface area contributed by atoms with Crippen LogP contribution in [0.5, 0.6) is 0 Å². The van der Waals surface area contributed by atoms with Gasteiger partial charge >= 0.3 is 0 Å². The topological polar surface area (TPSA) is 64.0 Å². The van der Waals surface area contributed by atoms with Crippen LogP contribution >= 0.6 is 11.3 Å². The Morgan fingerprint density at radius 2 is 1.93 bits per heavy atom. The summed E-state index contributed by atoms with van der Waals surface area (Å²) < 4.78 is 28.4. The largest absolute Gasteiger partial charge is 0.342 e. The number of aromatic nitrogens is 2. The predicted molar refractivity (Wildman–Crippen MR) is 102 cm³/mol. The lowest BCUT2D eigenvalue weighted by Crippen LogP contribution is -2.22. The second-order valence-corrected chi connectivity index (χ2v) is 6.95. The van der Waals surface area contributed by atoms with E-state index < -0.39 is 23.3 Å². The number of halogens is 2. The van der Waals surface area contributed by atoms with Gasteiger partial charge in [-0.2, -0.15) is 0 Å². The van der Waals surface area contributed by atoms with Crippen LogP contribution in [0.2, 0.25) is 0 Å². The molecule has 0 aliphatic rings. The van der Waals surface area contributed by atoms with Crippen molar-refractivity contribution in [3.05, 3.63) is 83.0 Å². The zero-order valence-electron chi connectivity index (χ0n) is 14.4. The van der Waals surface area contributed by atoms with Gasteiger partial charge in [-0.1, -0.05) is 24.3 Å². The molecule has 1 amide bonds. The number of anilines is 1. The molecule has 0 saturated heterocycles. The molecule has 0 radical (unpaired) electrons. The van der Waals surface area contributed by atoms with Crippen LogP contribution in [0.25, 0.3) is 10.9 Å². The van der Waals surface area contributed by atoms with E-state index >= 15 is 0 Å². The van der Waals surface area contributed by atoms with E-state index in [0.29, 0.717) is 21.6 Å². The van der Waals surface area contributed by atoms with E-state index in [1.807, 2.05) is 0 Å². The van der Waals surface area contributed by atoms with Crippen LogP contribution in [0, 0.1) is 11.6 Å².